The molecule has 0 aliphatic heterocycles. The molecule has 0 unspecified atom stereocenters. The molecule has 0 spiro atoms. The first-order chi connectivity index (χ1) is 11.4. The summed E-state index contributed by atoms with van der Waals surface area (Å²) < 4.78 is 13.3. The monoisotopic (exact) mass is 331 g/mol. The van der Waals surface area contributed by atoms with E-state index in [1.54, 1.807) is 30.3 Å². The highest BCUT2D eigenvalue weighted by Crippen LogP contribution is 2.19. The third-order valence-corrected chi connectivity index (χ3v) is 3.33. The topological polar surface area (TPSA) is 115 Å². The van der Waals surface area contributed by atoms with Gasteiger partial charge in [0.1, 0.15) is 17.4 Å². The molecule has 0 bridgehead atoms. The molecule has 0 saturated heterocycles. The number of nitrogens with one attached hydrogen (secondary N) is 1. The van der Waals surface area contributed by atoms with E-state index < -0.39 is 39.8 Å². The van der Waals surface area contributed by atoms with Crippen LogP contribution in [0.5, 0.6) is 0 Å². The van der Waals surface area contributed by atoms with Crippen molar-refractivity contribution in [3.8, 4) is 0 Å². The van der Waals surface area contributed by atoms with E-state index in [9.17, 15) is 24.1 Å². The Hall–Kier alpha value is -3.29. The second-order valence-corrected chi connectivity index (χ2v) is 5.04. The van der Waals surface area contributed by atoms with E-state index in [1.165, 1.54) is 0 Å². The lowest BCUT2D eigenvalue weighted by molar-refractivity contribution is -0.385. The SMILES string of the molecule is NC(=O)[C@@H](Cc1ccccc1)NC(=O)c1cc(F)ccc1[N+](=O)[O-]. The highest BCUT2D eigenvalue weighted by atomic mass is 19.1. The summed E-state index contributed by atoms with van der Waals surface area (Å²) in [6.07, 6.45) is 0.116. The molecule has 24 heavy (non-hydrogen) atoms. The van der Waals surface area contributed by atoms with Gasteiger partial charge in [0, 0.05) is 12.5 Å². The van der Waals surface area contributed by atoms with Crippen LogP contribution in [0, 0.1) is 15.9 Å². The first-order valence-corrected chi connectivity index (χ1v) is 6.96. The zero-order valence-corrected chi connectivity index (χ0v) is 12.4. The average Bonchev–Trinajstić information content (AvgIpc) is 2.54. The van der Waals surface area contributed by atoms with Crippen molar-refractivity contribution in [2.24, 2.45) is 5.73 Å². The minimum atomic E-state index is -1.08. The van der Waals surface area contributed by atoms with Crippen molar-refractivity contribution in [2.75, 3.05) is 0 Å². The number of halogens is 1. The number of hydrogen-bond donors (Lipinski definition) is 2. The smallest absolute Gasteiger partial charge is 0.282 e. The van der Waals surface area contributed by atoms with Crippen LogP contribution in [0.15, 0.2) is 48.5 Å². The lowest BCUT2D eigenvalue weighted by atomic mass is 10.0. The van der Waals surface area contributed by atoms with Crippen LogP contribution in [0.4, 0.5) is 10.1 Å². The third-order valence-electron chi connectivity index (χ3n) is 3.33. The summed E-state index contributed by atoms with van der Waals surface area (Å²) >= 11 is 0. The highest BCUT2D eigenvalue weighted by Gasteiger charge is 2.25. The fourth-order valence-corrected chi connectivity index (χ4v) is 2.16. The number of nitro benzene ring substituents is 1. The summed E-state index contributed by atoms with van der Waals surface area (Å²) in [4.78, 5) is 34.0. The second-order valence-electron chi connectivity index (χ2n) is 5.04. The summed E-state index contributed by atoms with van der Waals surface area (Å²) in [6, 6.07) is 10.2. The summed E-state index contributed by atoms with van der Waals surface area (Å²) in [7, 11) is 0. The first kappa shape index (κ1) is 17.1. The van der Waals surface area contributed by atoms with Crippen LogP contribution in [0.1, 0.15) is 15.9 Å². The van der Waals surface area contributed by atoms with Gasteiger partial charge in [0.15, 0.2) is 0 Å². The Morgan fingerprint density at radius 3 is 2.46 bits per heavy atom. The summed E-state index contributed by atoms with van der Waals surface area (Å²) in [5.41, 5.74) is 4.99. The number of nitro groups is 1. The lowest BCUT2D eigenvalue weighted by Crippen LogP contribution is -2.46. The van der Waals surface area contributed by atoms with Crippen molar-refractivity contribution >= 4 is 17.5 Å². The molecule has 1 atom stereocenters. The van der Waals surface area contributed by atoms with Crippen molar-refractivity contribution in [1.82, 2.24) is 5.32 Å². The Labute approximate surface area is 136 Å². The summed E-state index contributed by atoms with van der Waals surface area (Å²) in [5, 5.41) is 13.3. The van der Waals surface area contributed by atoms with Crippen molar-refractivity contribution in [3.05, 3.63) is 75.6 Å². The Morgan fingerprint density at radius 2 is 1.88 bits per heavy atom. The van der Waals surface area contributed by atoms with Crippen LogP contribution < -0.4 is 11.1 Å². The fourth-order valence-electron chi connectivity index (χ4n) is 2.16. The van der Waals surface area contributed by atoms with E-state index in [2.05, 4.69) is 5.32 Å². The molecule has 0 heterocycles. The van der Waals surface area contributed by atoms with Crippen LogP contribution in [-0.2, 0) is 11.2 Å². The maximum Gasteiger partial charge on any atom is 0.282 e. The molecule has 2 aromatic rings. The van der Waals surface area contributed by atoms with Gasteiger partial charge >= 0.3 is 0 Å². The van der Waals surface area contributed by atoms with Gasteiger partial charge in [0.25, 0.3) is 11.6 Å². The van der Waals surface area contributed by atoms with Crippen LogP contribution in [0.25, 0.3) is 0 Å². The Balaban J connectivity index is 2.24. The number of nitrogens with zero attached hydrogens (tertiary/aromatic N) is 1. The van der Waals surface area contributed by atoms with E-state index in [4.69, 9.17) is 5.73 Å². The van der Waals surface area contributed by atoms with Crippen LogP contribution in [0.2, 0.25) is 0 Å². The molecular weight excluding hydrogens is 317 g/mol. The van der Waals surface area contributed by atoms with Crippen molar-refractivity contribution < 1.29 is 18.9 Å². The fraction of sp³-hybridized carbons (Fsp3) is 0.125. The number of nitrogens with two attached hydrogens (primary N) is 1. The summed E-state index contributed by atoms with van der Waals surface area (Å²) in [5.74, 6) is -2.54. The molecule has 0 saturated carbocycles. The molecule has 2 rings (SSSR count). The normalized spacial score (nSPS) is 11.5. The highest BCUT2D eigenvalue weighted by molar-refractivity contribution is 6.00. The quantitative estimate of drug-likeness (QED) is 0.617. The Kier molecular flexibility index (Phi) is 5.20. The molecule has 0 aliphatic carbocycles. The van der Waals surface area contributed by atoms with Gasteiger partial charge in [-0.25, -0.2) is 4.39 Å². The first-order valence-electron chi connectivity index (χ1n) is 6.96. The Bertz CT molecular complexity index is 780. The molecule has 7 nitrogen and oxygen atoms in total. The number of carbonyl (C=O) groups excluding carboxylic acids is 2. The van der Waals surface area contributed by atoms with Gasteiger partial charge < -0.3 is 11.1 Å². The molecule has 0 aliphatic rings. The number of hydrogen-bond acceptors (Lipinski definition) is 4. The van der Waals surface area contributed by atoms with Gasteiger partial charge in [0.2, 0.25) is 5.91 Å². The predicted octanol–water partition coefficient (Wildman–Crippen LogP) is 1.56. The van der Waals surface area contributed by atoms with E-state index >= 15 is 0 Å². The zero-order chi connectivity index (χ0) is 17.7. The van der Waals surface area contributed by atoms with Gasteiger partial charge in [-0.2, -0.15) is 0 Å². The van der Waals surface area contributed by atoms with E-state index in [1.807, 2.05) is 0 Å². The average molecular weight is 331 g/mol. The van der Waals surface area contributed by atoms with Crippen LogP contribution >= 0.6 is 0 Å². The van der Waals surface area contributed by atoms with Gasteiger partial charge in [-0.05, 0) is 17.7 Å². The molecule has 0 fully saturated rings. The molecule has 2 amide bonds. The molecule has 8 heteroatoms. The van der Waals surface area contributed by atoms with Gasteiger partial charge in [-0.1, -0.05) is 30.3 Å². The molecule has 0 radical (unpaired) electrons. The number of benzene rings is 2. The summed E-state index contributed by atoms with van der Waals surface area (Å²) in [6.45, 7) is 0. The van der Waals surface area contributed by atoms with E-state index in [0.717, 1.165) is 23.8 Å². The standard InChI is InChI=1S/C16H14FN3O4/c17-11-6-7-14(20(23)24)12(9-11)16(22)19-13(15(18)21)8-10-4-2-1-3-5-10/h1-7,9,13H,8H2,(H2,18,21)(H,19,22)/t13-/m1/s1. The van der Waals surface area contributed by atoms with Crippen molar-refractivity contribution in [1.29, 1.82) is 0 Å². The molecule has 124 valence electrons. The largest absolute Gasteiger partial charge is 0.368 e. The second kappa shape index (κ2) is 7.32. The molecular formula is C16H14FN3O4. The van der Waals surface area contributed by atoms with E-state index in [-0.39, 0.29) is 6.42 Å². The molecule has 3 N–H and O–H groups in total. The number of rotatable bonds is 6. The third kappa shape index (κ3) is 4.13. The number of carbonyl (C=O) groups is 2. The van der Waals surface area contributed by atoms with Crippen LogP contribution in [-0.4, -0.2) is 22.8 Å². The van der Waals surface area contributed by atoms with E-state index in [0.29, 0.717) is 0 Å². The Morgan fingerprint density at radius 1 is 1.21 bits per heavy atom. The van der Waals surface area contributed by atoms with Gasteiger partial charge in [-0.3, -0.25) is 19.7 Å². The minimum Gasteiger partial charge on any atom is -0.368 e. The van der Waals surface area contributed by atoms with Crippen LogP contribution in [0.3, 0.4) is 0 Å². The molecule has 2 aromatic carbocycles. The van der Waals surface area contributed by atoms with Crippen molar-refractivity contribution in [3.63, 3.8) is 0 Å². The maximum absolute atomic E-state index is 13.3. The van der Waals surface area contributed by atoms with Crippen molar-refractivity contribution in [2.45, 2.75) is 12.5 Å². The van der Waals surface area contributed by atoms with Gasteiger partial charge in [0.05, 0.1) is 4.92 Å². The lowest BCUT2D eigenvalue weighted by Gasteiger charge is -2.15. The molecule has 0 aromatic heterocycles. The van der Waals surface area contributed by atoms with Gasteiger partial charge in [-0.15, -0.1) is 0 Å². The maximum atomic E-state index is 13.3. The predicted molar refractivity (Wildman–Crippen MR) is 83.6 cm³/mol. The zero-order valence-electron chi connectivity index (χ0n) is 12.4. The number of amides is 2. The minimum absolute atomic E-state index is 0.116. The number of primary amides is 1.